The van der Waals surface area contributed by atoms with Crippen molar-refractivity contribution < 1.29 is 9.53 Å². The minimum Gasteiger partial charge on any atom is -0.463 e. The van der Waals surface area contributed by atoms with E-state index in [2.05, 4.69) is 20.3 Å². The van der Waals surface area contributed by atoms with Crippen LogP contribution in [0.15, 0.2) is 0 Å². The zero-order valence-corrected chi connectivity index (χ0v) is 11.4. The van der Waals surface area contributed by atoms with Crippen LogP contribution in [0.4, 0.5) is 11.9 Å². The third kappa shape index (κ3) is 5.36. The van der Waals surface area contributed by atoms with Gasteiger partial charge in [0.2, 0.25) is 17.8 Å². The SMILES string of the molecule is CCCOc1nc(N)nc(NC(C)(C)CC(N)=O)n1. The molecule has 0 saturated heterocycles. The number of amides is 1. The Balaban J connectivity index is 2.82. The quantitative estimate of drug-likeness (QED) is 0.648. The molecule has 0 radical (unpaired) electrons. The minimum absolute atomic E-state index is 0.0541. The van der Waals surface area contributed by atoms with Crippen LogP contribution in [0.1, 0.15) is 33.6 Å². The number of aromatic nitrogens is 3. The Bertz CT molecular complexity index is 449. The summed E-state index contributed by atoms with van der Waals surface area (Å²) in [5.74, 6) is -0.106. The summed E-state index contributed by atoms with van der Waals surface area (Å²) in [5.41, 5.74) is 10.2. The van der Waals surface area contributed by atoms with E-state index in [9.17, 15) is 4.79 Å². The maximum Gasteiger partial charge on any atom is 0.323 e. The number of nitrogens with two attached hydrogens (primary N) is 2. The fourth-order valence-electron chi connectivity index (χ4n) is 1.47. The first kappa shape index (κ1) is 14.9. The van der Waals surface area contributed by atoms with E-state index in [1.807, 2.05) is 20.8 Å². The molecule has 19 heavy (non-hydrogen) atoms. The zero-order valence-electron chi connectivity index (χ0n) is 11.4. The molecular formula is C11H20N6O2. The van der Waals surface area contributed by atoms with Gasteiger partial charge in [0.15, 0.2) is 0 Å². The fourth-order valence-corrected chi connectivity index (χ4v) is 1.47. The molecule has 0 atom stereocenters. The molecule has 5 N–H and O–H groups in total. The molecule has 8 nitrogen and oxygen atoms in total. The van der Waals surface area contributed by atoms with Gasteiger partial charge in [-0.2, -0.15) is 15.0 Å². The van der Waals surface area contributed by atoms with Crippen molar-refractivity contribution in [1.82, 2.24) is 15.0 Å². The van der Waals surface area contributed by atoms with Crippen LogP contribution in [0.2, 0.25) is 0 Å². The largest absolute Gasteiger partial charge is 0.463 e. The summed E-state index contributed by atoms with van der Waals surface area (Å²) in [5, 5.41) is 2.98. The molecule has 0 fully saturated rings. The first-order chi connectivity index (χ1) is 8.82. The molecule has 0 aliphatic carbocycles. The van der Waals surface area contributed by atoms with Gasteiger partial charge in [0.05, 0.1) is 6.61 Å². The number of hydrogen-bond acceptors (Lipinski definition) is 7. The van der Waals surface area contributed by atoms with Crippen LogP contribution >= 0.6 is 0 Å². The number of nitrogen functional groups attached to an aromatic ring is 1. The van der Waals surface area contributed by atoms with Crippen LogP contribution in [-0.4, -0.2) is 33.0 Å². The smallest absolute Gasteiger partial charge is 0.323 e. The van der Waals surface area contributed by atoms with Crippen LogP contribution < -0.4 is 21.5 Å². The Labute approximate surface area is 112 Å². The molecule has 8 heteroatoms. The third-order valence-electron chi connectivity index (χ3n) is 2.13. The van der Waals surface area contributed by atoms with E-state index in [1.54, 1.807) is 0 Å². The molecule has 0 aromatic carbocycles. The third-order valence-corrected chi connectivity index (χ3v) is 2.13. The Morgan fingerprint density at radius 3 is 2.63 bits per heavy atom. The molecule has 1 heterocycles. The van der Waals surface area contributed by atoms with Crippen LogP contribution in [0.3, 0.4) is 0 Å². The summed E-state index contributed by atoms with van der Waals surface area (Å²) in [7, 11) is 0. The number of ether oxygens (including phenoxy) is 1. The maximum absolute atomic E-state index is 11.0. The molecule has 106 valence electrons. The first-order valence-electron chi connectivity index (χ1n) is 6.03. The average molecular weight is 268 g/mol. The van der Waals surface area contributed by atoms with Gasteiger partial charge < -0.3 is 21.5 Å². The molecule has 0 bridgehead atoms. The Morgan fingerprint density at radius 1 is 1.37 bits per heavy atom. The fraction of sp³-hybridized carbons (Fsp3) is 0.636. The number of carbonyl (C=O) groups is 1. The summed E-state index contributed by atoms with van der Waals surface area (Å²) < 4.78 is 5.30. The van der Waals surface area contributed by atoms with Crippen LogP contribution in [0, 0.1) is 0 Å². The van der Waals surface area contributed by atoms with Crippen molar-refractivity contribution >= 4 is 17.8 Å². The lowest BCUT2D eigenvalue weighted by Gasteiger charge is -2.24. The number of hydrogen-bond donors (Lipinski definition) is 3. The second kappa shape index (κ2) is 6.17. The second-order valence-electron chi connectivity index (χ2n) is 4.80. The Morgan fingerprint density at radius 2 is 2.05 bits per heavy atom. The highest BCUT2D eigenvalue weighted by atomic mass is 16.5. The monoisotopic (exact) mass is 268 g/mol. The van der Waals surface area contributed by atoms with Crippen molar-refractivity contribution in [3.05, 3.63) is 0 Å². The van der Waals surface area contributed by atoms with Gasteiger partial charge in [0, 0.05) is 12.0 Å². The second-order valence-corrected chi connectivity index (χ2v) is 4.80. The molecule has 1 rings (SSSR count). The van der Waals surface area contributed by atoms with E-state index in [0.29, 0.717) is 6.61 Å². The maximum atomic E-state index is 11.0. The van der Waals surface area contributed by atoms with Gasteiger partial charge >= 0.3 is 6.01 Å². The predicted molar refractivity (Wildman–Crippen MR) is 71.5 cm³/mol. The molecule has 0 saturated carbocycles. The summed E-state index contributed by atoms with van der Waals surface area (Å²) in [6.07, 6.45) is 0.977. The lowest BCUT2D eigenvalue weighted by molar-refractivity contribution is -0.118. The minimum atomic E-state index is -0.582. The highest BCUT2D eigenvalue weighted by molar-refractivity contribution is 5.75. The summed E-state index contributed by atoms with van der Waals surface area (Å²) in [4.78, 5) is 22.8. The van der Waals surface area contributed by atoms with Crippen molar-refractivity contribution in [2.75, 3.05) is 17.7 Å². The van der Waals surface area contributed by atoms with Gasteiger partial charge in [0.1, 0.15) is 0 Å². The molecule has 1 aromatic heterocycles. The van der Waals surface area contributed by atoms with E-state index in [0.717, 1.165) is 6.42 Å². The summed E-state index contributed by atoms with van der Waals surface area (Å²) in [6.45, 7) is 6.09. The van der Waals surface area contributed by atoms with Crippen molar-refractivity contribution in [3.63, 3.8) is 0 Å². The van der Waals surface area contributed by atoms with Crippen molar-refractivity contribution in [2.45, 2.75) is 39.2 Å². The first-order valence-corrected chi connectivity index (χ1v) is 6.03. The van der Waals surface area contributed by atoms with Gasteiger partial charge in [-0.25, -0.2) is 0 Å². The summed E-state index contributed by atoms with van der Waals surface area (Å²) in [6, 6.07) is 0.159. The van der Waals surface area contributed by atoms with Gasteiger partial charge in [-0.3, -0.25) is 4.79 Å². The van der Waals surface area contributed by atoms with Crippen molar-refractivity contribution in [1.29, 1.82) is 0 Å². The average Bonchev–Trinajstić information content (AvgIpc) is 2.22. The van der Waals surface area contributed by atoms with E-state index >= 15 is 0 Å². The van der Waals surface area contributed by atoms with E-state index in [4.69, 9.17) is 16.2 Å². The van der Waals surface area contributed by atoms with E-state index in [1.165, 1.54) is 0 Å². The molecule has 0 unspecified atom stereocenters. The summed E-state index contributed by atoms with van der Waals surface area (Å²) >= 11 is 0. The lowest BCUT2D eigenvalue weighted by atomic mass is 10.0. The molecular weight excluding hydrogens is 248 g/mol. The number of rotatable bonds is 7. The normalized spacial score (nSPS) is 11.1. The number of nitrogens with one attached hydrogen (secondary N) is 1. The van der Waals surface area contributed by atoms with Gasteiger partial charge in [-0.1, -0.05) is 6.92 Å². The highest BCUT2D eigenvalue weighted by Gasteiger charge is 2.22. The van der Waals surface area contributed by atoms with Crippen LogP contribution in [0.25, 0.3) is 0 Å². The molecule has 0 aliphatic heterocycles. The van der Waals surface area contributed by atoms with Crippen molar-refractivity contribution in [2.24, 2.45) is 5.73 Å². The molecule has 0 aliphatic rings. The molecule has 1 amide bonds. The Kier molecular flexibility index (Phi) is 4.85. The standard InChI is InChI=1S/C11H20N6O2/c1-4-5-19-10-15-8(13)14-9(16-10)17-11(2,3)6-7(12)18/h4-6H2,1-3H3,(H2,12,18)(H3,13,14,15,16,17). The van der Waals surface area contributed by atoms with Gasteiger partial charge in [-0.15, -0.1) is 0 Å². The van der Waals surface area contributed by atoms with Gasteiger partial charge in [0.25, 0.3) is 0 Å². The Hall–Kier alpha value is -2.12. The van der Waals surface area contributed by atoms with Crippen molar-refractivity contribution in [3.8, 4) is 6.01 Å². The van der Waals surface area contributed by atoms with E-state index in [-0.39, 0.29) is 24.3 Å². The number of carbonyl (C=O) groups excluding carboxylic acids is 1. The van der Waals surface area contributed by atoms with Gasteiger partial charge in [-0.05, 0) is 20.3 Å². The predicted octanol–water partition coefficient (Wildman–Crippen LogP) is 0.308. The van der Waals surface area contributed by atoms with E-state index < -0.39 is 11.4 Å². The van der Waals surface area contributed by atoms with Crippen LogP contribution in [-0.2, 0) is 4.79 Å². The zero-order chi connectivity index (χ0) is 14.5. The number of primary amides is 1. The number of anilines is 2. The lowest BCUT2D eigenvalue weighted by Crippen LogP contribution is -2.36. The highest BCUT2D eigenvalue weighted by Crippen LogP contribution is 2.17. The van der Waals surface area contributed by atoms with Crippen LogP contribution in [0.5, 0.6) is 6.01 Å². The number of nitrogens with zero attached hydrogens (tertiary/aromatic N) is 3. The molecule has 1 aromatic rings. The molecule has 0 spiro atoms. The topological polar surface area (TPSA) is 129 Å².